The van der Waals surface area contributed by atoms with E-state index in [9.17, 15) is 9.90 Å². The normalized spacial score (nSPS) is 18.3. The zero-order valence-electron chi connectivity index (χ0n) is 12.3. The van der Waals surface area contributed by atoms with Gasteiger partial charge >= 0.3 is 0 Å². The molecule has 1 aliphatic carbocycles. The minimum absolute atomic E-state index is 0.185. The first-order valence-corrected chi connectivity index (χ1v) is 7.61. The van der Waals surface area contributed by atoms with Crippen molar-refractivity contribution < 1.29 is 9.90 Å². The van der Waals surface area contributed by atoms with Crippen LogP contribution in [0.5, 0.6) is 0 Å². The van der Waals surface area contributed by atoms with Crippen molar-refractivity contribution in [2.75, 3.05) is 12.3 Å². The van der Waals surface area contributed by atoms with E-state index in [4.69, 9.17) is 5.73 Å². The van der Waals surface area contributed by atoms with Crippen molar-refractivity contribution in [1.82, 2.24) is 5.32 Å². The third-order valence-electron chi connectivity index (χ3n) is 3.96. The van der Waals surface area contributed by atoms with Gasteiger partial charge < -0.3 is 16.2 Å². The number of amides is 1. The Morgan fingerprint density at radius 3 is 2.67 bits per heavy atom. The first-order chi connectivity index (χ1) is 10.1. The molecular formula is C17H24N2O2. The van der Waals surface area contributed by atoms with E-state index in [0.717, 1.165) is 31.2 Å². The van der Waals surface area contributed by atoms with Crippen molar-refractivity contribution in [3.63, 3.8) is 0 Å². The number of rotatable bonds is 4. The van der Waals surface area contributed by atoms with Gasteiger partial charge in [-0.1, -0.05) is 37.8 Å². The monoisotopic (exact) mass is 288 g/mol. The molecule has 1 fully saturated rings. The van der Waals surface area contributed by atoms with Crippen LogP contribution in [-0.2, 0) is 4.79 Å². The number of carbonyl (C=O) groups is 1. The Balaban J connectivity index is 1.84. The van der Waals surface area contributed by atoms with E-state index in [2.05, 4.69) is 5.32 Å². The number of hydrogen-bond donors (Lipinski definition) is 3. The van der Waals surface area contributed by atoms with E-state index < -0.39 is 5.60 Å². The number of nitrogen functional groups attached to an aromatic ring is 1. The Morgan fingerprint density at radius 1 is 1.29 bits per heavy atom. The maximum absolute atomic E-state index is 11.8. The Morgan fingerprint density at radius 2 is 2.00 bits per heavy atom. The lowest BCUT2D eigenvalue weighted by Gasteiger charge is -2.26. The van der Waals surface area contributed by atoms with Gasteiger partial charge in [0.1, 0.15) is 0 Å². The Bertz CT molecular complexity index is 503. The molecule has 0 bridgehead atoms. The van der Waals surface area contributed by atoms with E-state index in [1.54, 1.807) is 12.1 Å². The highest BCUT2D eigenvalue weighted by Gasteiger charge is 2.27. The molecule has 1 aromatic rings. The molecular weight excluding hydrogens is 264 g/mol. The molecule has 0 radical (unpaired) electrons. The third kappa shape index (κ3) is 5.23. The van der Waals surface area contributed by atoms with Crippen molar-refractivity contribution in [2.45, 2.75) is 44.1 Å². The molecule has 0 unspecified atom stereocenters. The van der Waals surface area contributed by atoms with E-state index in [1.165, 1.54) is 18.9 Å². The molecule has 4 N–H and O–H groups in total. The number of nitrogens with two attached hydrogens (primary N) is 1. The summed E-state index contributed by atoms with van der Waals surface area (Å²) < 4.78 is 0. The van der Waals surface area contributed by atoms with Crippen molar-refractivity contribution in [1.29, 1.82) is 0 Å². The van der Waals surface area contributed by atoms with Crippen LogP contribution < -0.4 is 11.1 Å². The number of nitrogens with one attached hydrogen (secondary N) is 1. The summed E-state index contributed by atoms with van der Waals surface area (Å²) in [5, 5.41) is 13.3. The molecule has 0 aliphatic heterocycles. The Hall–Kier alpha value is -1.81. The van der Waals surface area contributed by atoms with Gasteiger partial charge in [0.15, 0.2) is 0 Å². The second kappa shape index (κ2) is 7.27. The van der Waals surface area contributed by atoms with Crippen molar-refractivity contribution in [2.24, 2.45) is 0 Å². The number of carbonyl (C=O) groups excluding carboxylic acids is 1. The van der Waals surface area contributed by atoms with Crippen LogP contribution in [0.25, 0.3) is 6.08 Å². The topological polar surface area (TPSA) is 75.4 Å². The molecule has 1 aromatic carbocycles. The maximum Gasteiger partial charge on any atom is 0.244 e. The molecule has 1 saturated carbocycles. The van der Waals surface area contributed by atoms with Crippen LogP contribution in [0.2, 0.25) is 0 Å². The zero-order chi connectivity index (χ0) is 15.1. The Kier molecular flexibility index (Phi) is 5.39. The van der Waals surface area contributed by atoms with Gasteiger partial charge in [0.25, 0.3) is 0 Å². The van der Waals surface area contributed by atoms with Gasteiger partial charge in [-0.05, 0) is 36.6 Å². The van der Waals surface area contributed by atoms with E-state index >= 15 is 0 Å². The minimum Gasteiger partial charge on any atom is -0.399 e. The molecule has 4 nitrogen and oxygen atoms in total. The fourth-order valence-electron chi connectivity index (χ4n) is 2.71. The van der Waals surface area contributed by atoms with Crippen LogP contribution in [-0.4, -0.2) is 23.2 Å². The molecule has 0 aromatic heterocycles. The number of anilines is 1. The van der Waals surface area contributed by atoms with E-state index in [-0.39, 0.29) is 5.91 Å². The second-order valence-corrected chi connectivity index (χ2v) is 5.86. The minimum atomic E-state index is -0.739. The molecule has 21 heavy (non-hydrogen) atoms. The highest BCUT2D eigenvalue weighted by Crippen LogP contribution is 2.26. The molecule has 0 atom stereocenters. The van der Waals surface area contributed by atoms with Crippen LogP contribution >= 0.6 is 0 Å². The predicted molar refractivity (Wildman–Crippen MR) is 85.5 cm³/mol. The summed E-state index contributed by atoms with van der Waals surface area (Å²) in [6, 6.07) is 7.35. The average Bonchev–Trinajstić information content (AvgIpc) is 2.68. The highest BCUT2D eigenvalue weighted by atomic mass is 16.3. The quantitative estimate of drug-likeness (QED) is 0.452. The lowest BCUT2D eigenvalue weighted by Crippen LogP contribution is -2.42. The lowest BCUT2D eigenvalue weighted by molar-refractivity contribution is -0.117. The predicted octanol–water partition coefficient (Wildman–Crippen LogP) is 2.48. The number of benzene rings is 1. The summed E-state index contributed by atoms with van der Waals surface area (Å²) in [6.45, 7) is 0.326. The fourth-order valence-corrected chi connectivity index (χ4v) is 2.71. The van der Waals surface area contributed by atoms with Gasteiger partial charge in [-0.25, -0.2) is 0 Å². The largest absolute Gasteiger partial charge is 0.399 e. The number of hydrogen-bond acceptors (Lipinski definition) is 3. The molecule has 0 saturated heterocycles. The van der Waals surface area contributed by atoms with Gasteiger partial charge in [0.05, 0.1) is 5.60 Å². The molecule has 0 spiro atoms. The molecule has 1 amide bonds. The SMILES string of the molecule is Nc1cccc(/C=C/C(=O)NCC2(O)CCCCCC2)c1. The molecule has 4 heteroatoms. The van der Waals surface area contributed by atoms with E-state index in [1.807, 2.05) is 18.2 Å². The first kappa shape index (κ1) is 15.6. The summed E-state index contributed by atoms with van der Waals surface area (Å²) in [6.07, 6.45) is 9.16. The van der Waals surface area contributed by atoms with Crippen molar-refractivity contribution in [3.8, 4) is 0 Å². The fraction of sp³-hybridized carbons (Fsp3) is 0.471. The van der Waals surface area contributed by atoms with Gasteiger partial charge in [0.2, 0.25) is 5.91 Å². The maximum atomic E-state index is 11.8. The smallest absolute Gasteiger partial charge is 0.244 e. The standard InChI is InChI=1S/C17H24N2O2/c18-15-7-5-6-14(12-15)8-9-16(20)19-13-17(21)10-3-1-2-4-11-17/h5-9,12,21H,1-4,10-11,13,18H2,(H,19,20)/b9-8+. The van der Waals surface area contributed by atoms with Gasteiger partial charge in [-0.2, -0.15) is 0 Å². The second-order valence-electron chi connectivity index (χ2n) is 5.86. The van der Waals surface area contributed by atoms with Crippen molar-refractivity contribution >= 4 is 17.7 Å². The molecule has 2 rings (SSSR count). The molecule has 0 heterocycles. The van der Waals surface area contributed by atoms with Gasteiger partial charge in [-0.3, -0.25) is 4.79 Å². The summed E-state index contributed by atoms with van der Waals surface area (Å²) in [7, 11) is 0. The van der Waals surface area contributed by atoms with Gasteiger partial charge in [0, 0.05) is 18.3 Å². The lowest BCUT2D eigenvalue weighted by atomic mass is 9.94. The molecule has 114 valence electrons. The van der Waals surface area contributed by atoms with Gasteiger partial charge in [-0.15, -0.1) is 0 Å². The number of aliphatic hydroxyl groups is 1. The summed E-state index contributed by atoms with van der Waals surface area (Å²) in [5.41, 5.74) is 6.51. The first-order valence-electron chi connectivity index (χ1n) is 7.61. The summed E-state index contributed by atoms with van der Waals surface area (Å²) in [5.74, 6) is -0.185. The molecule has 1 aliphatic rings. The van der Waals surface area contributed by atoms with Crippen LogP contribution in [0, 0.1) is 0 Å². The summed E-state index contributed by atoms with van der Waals surface area (Å²) >= 11 is 0. The van der Waals surface area contributed by atoms with E-state index in [0.29, 0.717) is 12.2 Å². The third-order valence-corrected chi connectivity index (χ3v) is 3.96. The Labute approximate surface area is 126 Å². The van der Waals surface area contributed by atoms with Crippen molar-refractivity contribution in [3.05, 3.63) is 35.9 Å². The van der Waals surface area contributed by atoms with Crippen LogP contribution in [0.1, 0.15) is 44.1 Å². The summed E-state index contributed by atoms with van der Waals surface area (Å²) in [4.78, 5) is 11.8. The van der Waals surface area contributed by atoms with Crippen LogP contribution in [0.3, 0.4) is 0 Å². The zero-order valence-corrected chi connectivity index (χ0v) is 12.3. The van der Waals surface area contributed by atoms with Crippen LogP contribution in [0.15, 0.2) is 30.3 Å². The highest BCUT2D eigenvalue weighted by molar-refractivity contribution is 5.91. The van der Waals surface area contributed by atoms with Crippen LogP contribution in [0.4, 0.5) is 5.69 Å². The average molecular weight is 288 g/mol.